The maximum atomic E-state index is 12.6. The average molecular weight is 343 g/mol. The summed E-state index contributed by atoms with van der Waals surface area (Å²) in [5, 5.41) is 10.1. The number of amides is 2. The minimum absolute atomic E-state index is 0.0276. The second-order valence-corrected chi connectivity index (χ2v) is 6.75. The highest BCUT2D eigenvalue weighted by molar-refractivity contribution is 5.94. The Morgan fingerprint density at radius 2 is 2.24 bits per heavy atom. The normalized spacial score (nSPS) is 17.3. The predicted octanol–water partition coefficient (Wildman–Crippen LogP) is 2.00. The molecule has 0 bridgehead atoms. The molecule has 3 rings (SSSR count). The van der Waals surface area contributed by atoms with Gasteiger partial charge in [0.1, 0.15) is 11.4 Å². The van der Waals surface area contributed by atoms with Crippen molar-refractivity contribution in [3.8, 4) is 0 Å². The van der Waals surface area contributed by atoms with Gasteiger partial charge in [-0.3, -0.25) is 14.7 Å². The van der Waals surface area contributed by atoms with E-state index < -0.39 is 0 Å². The zero-order valence-electron chi connectivity index (χ0n) is 15.0. The third-order valence-corrected chi connectivity index (χ3v) is 4.65. The molecule has 0 saturated carbocycles. The van der Waals surface area contributed by atoms with Gasteiger partial charge in [0.15, 0.2) is 0 Å². The van der Waals surface area contributed by atoms with E-state index in [1.54, 1.807) is 4.90 Å². The highest BCUT2D eigenvalue weighted by Crippen LogP contribution is 2.17. The van der Waals surface area contributed by atoms with Crippen LogP contribution in [-0.4, -0.2) is 50.6 Å². The SMILES string of the molecule is CCn1cccc1C(=O)NC1CCN(C(=O)c2cc(C(C)C)[nH]n2)C1. The molecule has 1 aliphatic rings. The van der Waals surface area contributed by atoms with Crippen molar-refractivity contribution < 1.29 is 9.59 Å². The van der Waals surface area contributed by atoms with Crippen molar-refractivity contribution in [3.05, 3.63) is 41.5 Å². The topological polar surface area (TPSA) is 83.0 Å². The van der Waals surface area contributed by atoms with Crippen LogP contribution >= 0.6 is 0 Å². The van der Waals surface area contributed by atoms with E-state index in [2.05, 4.69) is 29.4 Å². The molecule has 1 fully saturated rings. The maximum absolute atomic E-state index is 12.6. The van der Waals surface area contributed by atoms with Crippen LogP contribution in [0.5, 0.6) is 0 Å². The van der Waals surface area contributed by atoms with E-state index in [1.807, 2.05) is 35.9 Å². The number of nitrogens with zero attached hydrogens (tertiary/aromatic N) is 3. The van der Waals surface area contributed by atoms with Crippen LogP contribution in [-0.2, 0) is 6.54 Å². The fraction of sp³-hybridized carbons (Fsp3) is 0.500. The van der Waals surface area contributed by atoms with Gasteiger partial charge in [-0.1, -0.05) is 13.8 Å². The lowest BCUT2D eigenvalue weighted by Crippen LogP contribution is -2.39. The van der Waals surface area contributed by atoms with Crippen LogP contribution in [0.2, 0.25) is 0 Å². The monoisotopic (exact) mass is 343 g/mol. The molecule has 3 heterocycles. The lowest BCUT2D eigenvalue weighted by Gasteiger charge is -2.16. The zero-order valence-corrected chi connectivity index (χ0v) is 15.0. The number of rotatable bonds is 5. The first-order valence-corrected chi connectivity index (χ1v) is 8.80. The highest BCUT2D eigenvalue weighted by atomic mass is 16.2. The third kappa shape index (κ3) is 3.60. The van der Waals surface area contributed by atoms with Gasteiger partial charge in [0.2, 0.25) is 0 Å². The lowest BCUT2D eigenvalue weighted by molar-refractivity contribution is 0.0777. The van der Waals surface area contributed by atoms with E-state index in [4.69, 9.17) is 0 Å². The van der Waals surface area contributed by atoms with Crippen molar-refractivity contribution in [2.75, 3.05) is 13.1 Å². The summed E-state index contributed by atoms with van der Waals surface area (Å²) in [7, 11) is 0. The van der Waals surface area contributed by atoms with E-state index in [0.717, 1.165) is 18.7 Å². The molecule has 1 unspecified atom stereocenters. The van der Waals surface area contributed by atoms with E-state index in [-0.39, 0.29) is 17.9 Å². The molecular formula is C18H25N5O2. The van der Waals surface area contributed by atoms with Gasteiger partial charge in [-0.05, 0) is 37.5 Å². The number of nitrogens with one attached hydrogen (secondary N) is 2. The molecule has 2 aromatic heterocycles. The van der Waals surface area contributed by atoms with Crippen LogP contribution in [0, 0.1) is 0 Å². The molecule has 0 aliphatic carbocycles. The van der Waals surface area contributed by atoms with Crippen molar-refractivity contribution in [1.82, 2.24) is 25.0 Å². The molecule has 0 spiro atoms. The summed E-state index contributed by atoms with van der Waals surface area (Å²) in [4.78, 5) is 26.7. The van der Waals surface area contributed by atoms with Gasteiger partial charge < -0.3 is 14.8 Å². The summed E-state index contributed by atoms with van der Waals surface area (Å²) < 4.78 is 1.91. The second-order valence-electron chi connectivity index (χ2n) is 6.75. The second kappa shape index (κ2) is 7.13. The number of likely N-dealkylation sites (tertiary alicyclic amines) is 1. The fourth-order valence-corrected chi connectivity index (χ4v) is 3.12. The van der Waals surface area contributed by atoms with Gasteiger partial charge in [-0.25, -0.2) is 0 Å². The molecule has 1 aliphatic heterocycles. The Hall–Kier alpha value is -2.57. The Morgan fingerprint density at radius 1 is 1.44 bits per heavy atom. The first-order valence-electron chi connectivity index (χ1n) is 8.80. The molecule has 1 saturated heterocycles. The maximum Gasteiger partial charge on any atom is 0.274 e. The van der Waals surface area contributed by atoms with Gasteiger partial charge >= 0.3 is 0 Å². The van der Waals surface area contributed by atoms with Crippen LogP contribution < -0.4 is 5.32 Å². The molecule has 7 nitrogen and oxygen atoms in total. The number of aromatic nitrogens is 3. The number of hydrogen-bond donors (Lipinski definition) is 2. The van der Waals surface area contributed by atoms with Gasteiger partial charge in [0, 0.05) is 37.6 Å². The molecule has 2 amide bonds. The summed E-state index contributed by atoms with van der Waals surface area (Å²) in [5.74, 6) is 0.124. The molecule has 134 valence electrons. The Kier molecular flexibility index (Phi) is 4.92. The van der Waals surface area contributed by atoms with Gasteiger partial charge in [-0.2, -0.15) is 5.10 Å². The minimum atomic E-state index is -0.0898. The van der Waals surface area contributed by atoms with Crippen molar-refractivity contribution in [1.29, 1.82) is 0 Å². The van der Waals surface area contributed by atoms with Crippen LogP contribution in [0.3, 0.4) is 0 Å². The number of carbonyl (C=O) groups is 2. The van der Waals surface area contributed by atoms with E-state index in [1.165, 1.54) is 0 Å². The first-order chi connectivity index (χ1) is 12.0. The number of carbonyl (C=O) groups excluding carboxylic acids is 2. The summed E-state index contributed by atoms with van der Waals surface area (Å²) in [5.41, 5.74) is 2.05. The minimum Gasteiger partial charge on any atom is -0.346 e. The van der Waals surface area contributed by atoms with Crippen LogP contribution in [0.4, 0.5) is 0 Å². The van der Waals surface area contributed by atoms with Crippen LogP contribution in [0.1, 0.15) is 59.8 Å². The summed E-state index contributed by atoms with van der Waals surface area (Å²) in [6.45, 7) is 8.00. The Labute approximate surface area is 147 Å². The van der Waals surface area contributed by atoms with Crippen molar-refractivity contribution in [2.24, 2.45) is 0 Å². The largest absolute Gasteiger partial charge is 0.346 e. The first kappa shape index (κ1) is 17.3. The molecule has 2 N–H and O–H groups in total. The summed E-state index contributed by atoms with van der Waals surface area (Å²) >= 11 is 0. The Balaban J connectivity index is 1.59. The van der Waals surface area contributed by atoms with Crippen molar-refractivity contribution in [3.63, 3.8) is 0 Å². The fourth-order valence-electron chi connectivity index (χ4n) is 3.12. The average Bonchev–Trinajstić information content (AvgIpc) is 3.33. The van der Waals surface area contributed by atoms with E-state index in [0.29, 0.717) is 30.4 Å². The summed E-state index contributed by atoms with van der Waals surface area (Å²) in [6.07, 6.45) is 2.65. The van der Waals surface area contributed by atoms with Gasteiger partial charge in [0.25, 0.3) is 11.8 Å². The molecule has 7 heteroatoms. The predicted molar refractivity (Wildman–Crippen MR) is 94.6 cm³/mol. The molecule has 0 radical (unpaired) electrons. The number of H-pyrrole nitrogens is 1. The highest BCUT2D eigenvalue weighted by Gasteiger charge is 2.29. The van der Waals surface area contributed by atoms with E-state index in [9.17, 15) is 9.59 Å². The van der Waals surface area contributed by atoms with Crippen molar-refractivity contribution in [2.45, 2.75) is 45.7 Å². The molecule has 2 aromatic rings. The lowest BCUT2D eigenvalue weighted by atomic mass is 10.1. The Morgan fingerprint density at radius 3 is 2.92 bits per heavy atom. The molecule has 0 aromatic carbocycles. The quantitative estimate of drug-likeness (QED) is 0.871. The Bertz CT molecular complexity index is 761. The molecular weight excluding hydrogens is 318 g/mol. The number of aromatic amines is 1. The number of aryl methyl sites for hydroxylation is 1. The summed E-state index contributed by atoms with van der Waals surface area (Å²) in [6, 6.07) is 5.47. The van der Waals surface area contributed by atoms with Crippen LogP contribution in [0.15, 0.2) is 24.4 Å². The van der Waals surface area contributed by atoms with Crippen molar-refractivity contribution >= 4 is 11.8 Å². The smallest absolute Gasteiger partial charge is 0.274 e. The standard InChI is InChI=1S/C18H25N5O2/c1-4-22-8-5-6-16(22)17(24)19-13-7-9-23(11-13)18(25)15-10-14(12(2)3)20-21-15/h5-6,8,10,12-13H,4,7,9,11H2,1-3H3,(H,19,24)(H,20,21). The van der Waals surface area contributed by atoms with Gasteiger partial charge in [0.05, 0.1) is 0 Å². The molecule has 1 atom stereocenters. The third-order valence-electron chi connectivity index (χ3n) is 4.65. The van der Waals surface area contributed by atoms with Crippen LogP contribution in [0.25, 0.3) is 0 Å². The van der Waals surface area contributed by atoms with E-state index >= 15 is 0 Å². The van der Waals surface area contributed by atoms with Gasteiger partial charge in [-0.15, -0.1) is 0 Å². The number of hydrogen-bond acceptors (Lipinski definition) is 3. The zero-order chi connectivity index (χ0) is 18.0. The molecule has 25 heavy (non-hydrogen) atoms.